The van der Waals surface area contributed by atoms with Crippen LogP contribution < -0.4 is 16.2 Å². The number of carbonyl (C=O) groups excluding carboxylic acids is 1. The van der Waals surface area contributed by atoms with E-state index < -0.39 is 5.92 Å². The second-order valence-electron chi connectivity index (χ2n) is 6.80. The van der Waals surface area contributed by atoms with Crippen molar-refractivity contribution in [2.45, 2.75) is 38.9 Å². The third-order valence-corrected chi connectivity index (χ3v) is 4.92. The first-order valence-corrected chi connectivity index (χ1v) is 9.15. The summed E-state index contributed by atoms with van der Waals surface area (Å²) in [7, 11) is 0. The van der Waals surface area contributed by atoms with Crippen molar-refractivity contribution in [3.05, 3.63) is 57.8 Å². The first kappa shape index (κ1) is 17.4. The van der Waals surface area contributed by atoms with E-state index >= 15 is 0 Å². The van der Waals surface area contributed by atoms with Crippen molar-refractivity contribution in [2.24, 2.45) is 0 Å². The Bertz CT molecular complexity index is 1010. The van der Waals surface area contributed by atoms with E-state index in [2.05, 4.69) is 25.9 Å². The van der Waals surface area contributed by atoms with Gasteiger partial charge in [0.25, 0.3) is 5.56 Å². The van der Waals surface area contributed by atoms with Gasteiger partial charge in [-0.05, 0) is 32.0 Å². The van der Waals surface area contributed by atoms with Crippen molar-refractivity contribution < 1.29 is 4.79 Å². The lowest BCUT2D eigenvalue weighted by molar-refractivity contribution is -0.122. The molecule has 0 bridgehead atoms. The quantitative estimate of drug-likeness (QED) is 0.640. The smallest absolute Gasteiger partial charge is 0.272 e. The molecular formula is C19H22N6O2. The Morgan fingerprint density at radius 2 is 2.15 bits per heavy atom. The van der Waals surface area contributed by atoms with Crippen molar-refractivity contribution in [2.75, 3.05) is 6.54 Å². The number of benzene rings is 1. The first-order valence-electron chi connectivity index (χ1n) is 9.15. The fourth-order valence-corrected chi connectivity index (χ4v) is 3.43. The topological polar surface area (TPSA) is 105 Å². The Morgan fingerprint density at radius 1 is 1.33 bits per heavy atom. The van der Waals surface area contributed by atoms with E-state index in [4.69, 9.17) is 0 Å². The molecule has 0 aliphatic carbocycles. The molecule has 0 saturated carbocycles. The third kappa shape index (κ3) is 3.48. The summed E-state index contributed by atoms with van der Waals surface area (Å²) in [5.41, 5.74) is 2.29. The van der Waals surface area contributed by atoms with Crippen LogP contribution in [-0.4, -0.2) is 32.4 Å². The monoisotopic (exact) mass is 366 g/mol. The minimum atomic E-state index is -0.492. The molecule has 8 nitrogen and oxygen atoms in total. The molecule has 3 N–H and O–H groups in total. The van der Waals surface area contributed by atoms with E-state index in [0.717, 1.165) is 37.4 Å². The van der Waals surface area contributed by atoms with Crippen LogP contribution in [0.3, 0.4) is 0 Å². The van der Waals surface area contributed by atoms with Crippen LogP contribution in [0, 0.1) is 0 Å². The maximum Gasteiger partial charge on any atom is 0.272 e. The number of nitrogens with zero attached hydrogens (tertiary/aromatic N) is 3. The first-order chi connectivity index (χ1) is 13.1. The number of aryl methyl sites for hydroxylation is 1. The molecule has 0 fully saturated rings. The molecule has 3 aromatic rings. The molecule has 140 valence electrons. The van der Waals surface area contributed by atoms with E-state index in [-0.39, 0.29) is 11.5 Å². The fourth-order valence-electron chi connectivity index (χ4n) is 3.43. The van der Waals surface area contributed by atoms with Crippen LogP contribution in [0.25, 0.3) is 10.8 Å². The van der Waals surface area contributed by atoms with Crippen LogP contribution in [0.1, 0.15) is 36.3 Å². The van der Waals surface area contributed by atoms with Crippen LogP contribution in [0.2, 0.25) is 0 Å². The minimum absolute atomic E-state index is 0.152. The summed E-state index contributed by atoms with van der Waals surface area (Å²) in [6.07, 6.45) is 1.04. The fraction of sp³-hybridized carbons (Fsp3) is 0.368. The normalized spacial score (nSPS) is 15.1. The Balaban J connectivity index is 1.49. The van der Waals surface area contributed by atoms with Crippen LogP contribution in [0.15, 0.2) is 35.1 Å². The summed E-state index contributed by atoms with van der Waals surface area (Å²) in [6.45, 7) is 4.83. The van der Waals surface area contributed by atoms with Crippen molar-refractivity contribution >= 4 is 16.7 Å². The molecular weight excluding hydrogens is 344 g/mol. The van der Waals surface area contributed by atoms with Crippen molar-refractivity contribution in [1.29, 1.82) is 0 Å². The zero-order valence-electron chi connectivity index (χ0n) is 15.2. The maximum absolute atomic E-state index is 12.7. The number of hydrogen-bond acceptors (Lipinski definition) is 5. The molecule has 1 aromatic carbocycles. The molecule has 8 heteroatoms. The van der Waals surface area contributed by atoms with Gasteiger partial charge in [-0.25, -0.2) is 5.10 Å². The number of amides is 1. The highest BCUT2D eigenvalue weighted by Gasteiger charge is 2.21. The van der Waals surface area contributed by atoms with E-state index in [9.17, 15) is 9.59 Å². The van der Waals surface area contributed by atoms with Gasteiger partial charge in [0, 0.05) is 18.5 Å². The van der Waals surface area contributed by atoms with Gasteiger partial charge < -0.3 is 10.6 Å². The van der Waals surface area contributed by atoms with E-state index in [0.29, 0.717) is 23.0 Å². The second-order valence-corrected chi connectivity index (χ2v) is 6.80. The molecule has 0 saturated heterocycles. The summed E-state index contributed by atoms with van der Waals surface area (Å²) >= 11 is 0. The molecule has 4 rings (SSSR count). The number of nitrogens with one attached hydrogen (secondary N) is 3. The maximum atomic E-state index is 12.7. The van der Waals surface area contributed by atoms with Crippen molar-refractivity contribution in [1.82, 2.24) is 30.6 Å². The number of H-pyrrole nitrogens is 1. The zero-order chi connectivity index (χ0) is 18.8. The predicted octanol–water partition coefficient (Wildman–Crippen LogP) is 1.03. The summed E-state index contributed by atoms with van der Waals surface area (Å²) in [6, 6.07) is 9.21. The van der Waals surface area contributed by atoms with Crippen LogP contribution in [0.5, 0.6) is 0 Å². The number of aromatic nitrogens is 4. The van der Waals surface area contributed by atoms with Gasteiger partial charge >= 0.3 is 0 Å². The number of hydrogen-bond donors (Lipinski definition) is 3. The van der Waals surface area contributed by atoms with Gasteiger partial charge in [-0.15, -0.1) is 0 Å². The number of fused-ring (bicyclic) bond motifs is 2. The highest BCUT2D eigenvalue weighted by Crippen LogP contribution is 2.21. The van der Waals surface area contributed by atoms with Gasteiger partial charge in [0.2, 0.25) is 5.91 Å². The van der Waals surface area contributed by atoms with Gasteiger partial charge in [-0.1, -0.05) is 18.2 Å². The van der Waals surface area contributed by atoms with E-state index in [1.54, 1.807) is 19.1 Å². The predicted molar refractivity (Wildman–Crippen MR) is 101 cm³/mol. The molecule has 1 unspecified atom stereocenters. The number of aromatic amines is 1. The largest absolute Gasteiger partial charge is 0.350 e. The Morgan fingerprint density at radius 3 is 3.00 bits per heavy atom. The lowest BCUT2D eigenvalue weighted by Gasteiger charge is -2.13. The van der Waals surface area contributed by atoms with Gasteiger partial charge in [-0.2, -0.15) is 10.2 Å². The average molecular weight is 366 g/mol. The van der Waals surface area contributed by atoms with Crippen LogP contribution >= 0.6 is 0 Å². The Labute approximate surface area is 156 Å². The SMILES string of the molecule is CC(C(=O)NCc1cc2n(n1)CCCNC2)c1n[nH]c(=O)c2ccccc12. The van der Waals surface area contributed by atoms with Gasteiger partial charge in [0.15, 0.2) is 0 Å². The van der Waals surface area contributed by atoms with Gasteiger partial charge in [0.05, 0.1) is 34.9 Å². The molecule has 1 aliphatic heterocycles. The highest BCUT2D eigenvalue weighted by atomic mass is 16.2. The number of carbonyl (C=O) groups is 1. The molecule has 27 heavy (non-hydrogen) atoms. The summed E-state index contributed by atoms with van der Waals surface area (Å²) in [5, 5.41) is 18.7. The molecule has 0 radical (unpaired) electrons. The van der Waals surface area contributed by atoms with E-state index in [1.165, 1.54) is 0 Å². The molecule has 3 heterocycles. The van der Waals surface area contributed by atoms with Crippen molar-refractivity contribution in [3.63, 3.8) is 0 Å². The minimum Gasteiger partial charge on any atom is -0.350 e. The van der Waals surface area contributed by atoms with Crippen LogP contribution in [0.4, 0.5) is 0 Å². The molecule has 1 aliphatic rings. The number of rotatable bonds is 4. The summed E-state index contributed by atoms with van der Waals surface area (Å²) in [4.78, 5) is 24.6. The Kier molecular flexibility index (Phi) is 4.72. The average Bonchev–Trinajstić information content (AvgIpc) is 2.95. The van der Waals surface area contributed by atoms with Gasteiger partial charge in [0.1, 0.15) is 0 Å². The van der Waals surface area contributed by atoms with E-state index in [1.807, 2.05) is 22.9 Å². The Hall–Kier alpha value is -3.00. The van der Waals surface area contributed by atoms with Crippen molar-refractivity contribution in [3.8, 4) is 0 Å². The lowest BCUT2D eigenvalue weighted by atomic mass is 10.0. The summed E-state index contributed by atoms with van der Waals surface area (Å²) < 4.78 is 2.00. The molecule has 0 spiro atoms. The molecule has 2 aromatic heterocycles. The molecule has 1 atom stereocenters. The van der Waals surface area contributed by atoms with Crippen LogP contribution in [-0.2, 0) is 24.4 Å². The van der Waals surface area contributed by atoms with Gasteiger partial charge in [-0.3, -0.25) is 14.3 Å². The lowest BCUT2D eigenvalue weighted by Crippen LogP contribution is -2.29. The summed E-state index contributed by atoms with van der Waals surface area (Å²) in [5.74, 6) is -0.644. The second kappa shape index (κ2) is 7.32. The molecule has 1 amide bonds. The zero-order valence-corrected chi connectivity index (χ0v) is 15.2. The third-order valence-electron chi connectivity index (χ3n) is 4.92. The standard InChI is InChI=1S/C19H22N6O2/c1-12(17-15-5-2-3-6-16(15)19(27)23-22-17)18(26)21-10-13-9-14-11-20-7-4-8-25(14)24-13/h2-3,5-6,9,12,20H,4,7-8,10-11H2,1H3,(H,21,26)(H,23,27). The highest BCUT2D eigenvalue weighted by molar-refractivity contribution is 5.90.